The summed E-state index contributed by atoms with van der Waals surface area (Å²) in [5.74, 6) is 0.633. The van der Waals surface area contributed by atoms with Gasteiger partial charge in [-0.15, -0.1) is 0 Å². The molecule has 0 bridgehead atoms. The number of carbonyl (C=O) groups is 1. The predicted molar refractivity (Wildman–Crippen MR) is 68.6 cm³/mol. The summed E-state index contributed by atoms with van der Waals surface area (Å²) in [6, 6.07) is 0. The molecule has 1 aliphatic rings. The van der Waals surface area contributed by atoms with Crippen LogP contribution in [0.3, 0.4) is 0 Å². The first kappa shape index (κ1) is 14.5. The summed E-state index contributed by atoms with van der Waals surface area (Å²) in [7, 11) is 0. The van der Waals surface area contributed by atoms with Gasteiger partial charge < -0.3 is 15.8 Å². The van der Waals surface area contributed by atoms with Crippen LogP contribution in [0.25, 0.3) is 0 Å². The van der Waals surface area contributed by atoms with E-state index in [1.54, 1.807) is 0 Å². The summed E-state index contributed by atoms with van der Waals surface area (Å²) in [5, 5.41) is 2.98. The van der Waals surface area contributed by atoms with Crippen molar-refractivity contribution in [2.75, 3.05) is 19.8 Å². The number of carbonyl (C=O) groups excluding carboxylic acids is 1. The minimum Gasteiger partial charge on any atom is -0.381 e. The van der Waals surface area contributed by atoms with Crippen molar-refractivity contribution in [1.82, 2.24) is 5.32 Å². The molecule has 0 aromatic heterocycles. The van der Waals surface area contributed by atoms with Crippen molar-refractivity contribution >= 4 is 5.91 Å². The summed E-state index contributed by atoms with van der Waals surface area (Å²) in [6.07, 6.45) is 2.11. The van der Waals surface area contributed by atoms with Crippen molar-refractivity contribution in [3.05, 3.63) is 0 Å². The molecule has 0 saturated carbocycles. The molecule has 0 aromatic rings. The molecule has 0 spiro atoms. The second-order valence-corrected chi connectivity index (χ2v) is 6.12. The molecule has 1 rings (SSSR count). The molecule has 1 aliphatic heterocycles. The van der Waals surface area contributed by atoms with Crippen LogP contribution < -0.4 is 11.1 Å². The highest BCUT2D eigenvalue weighted by Crippen LogP contribution is 2.28. The zero-order valence-electron chi connectivity index (χ0n) is 11.5. The van der Waals surface area contributed by atoms with Gasteiger partial charge in [-0.25, -0.2) is 0 Å². The van der Waals surface area contributed by atoms with E-state index in [-0.39, 0.29) is 5.91 Å². The van der Waals surface area contributed by atoms with Gasteiger partial charge in [0.1, 0.15) is 0 Å². The van der Waals surface area contributed by atoms with E-state index in [1.165, 1.54) is 0 Å². The number of hydrogen-bond donors (Lipinski definition) is 2. The molecule has 1 amide bonds. The van der Waals surface area contributed by atoms with E-state index in [1.807, 2.05) is 27.7 Å². The molecule has 1 saturated heterocycles. The fraction of sp³-hybridized carbons (Fsp3) is 0.923. The summed E-state index contributed by atoms with van der Waals surface area (Å²) in [5.41, 5.74) is 4.95. The number of ether oxygens (including phenoxy) is 1. The zero-order valence-corrected chi connectivity index (χ0v) is 11.5. The van der Waals surface area contributed by atoms with E-state index in [0.717, 1.165) is 26.1 Å². The lowest BCUT2D eigenvalue weighted by atomic mass is 9.74. The highest BCUT2D eigenvalue weighted by molar-refractivity contribution is 5.83. The summed E-state index contributed by atoms with van der Waals surface area (Å²) < 4.78 is 5.30. The second kappa shape index (κ2) is 5.36. The van der Waals surface area contributed by atoms with Crippen LogP contribution in [0, 0.1) is 11.3 Å². The molecule has 3 N–H and O–H groups in total. The van der Waals surface area contributed by atoms with Crippen LogP contribution in [0.1, 0.15) is 40.5 Å². The van der Waals surface area contributed by atoms with Gasteiger partial charge in [-0.05, 0) is 46.5 Å². The molecule has 4 nitrogen and oxygen atoms in total. The molecule has 17 heavy (non-hydrogen) atoms. The van der Waals surface area contributed by atoms with Gasteiger partial charge in [0.15, 0.2) is 0 Å². The van der Waals surface area contributed by atoms with Gasteiger partial charge in [0.05, 0.1) is 5.41 Å². The standard InChI is InChI=1S/C13H26N2O2/c1-12(2,13(3,4)14)11(16)15-7-5-10-6-8-17-9-10/h10H,5-9,14H2,1-4H3,(H,15,16). The fourth-order valence-electron chi connectivity index (χ4n) is 1.71. The molecule has 1 heterocycles. The van der Waals surface area contributed by atoms with Crippen LogP contribution in [0.2, 0.25) is 0 Å². The van der Waals surface area contributed by atoms with Crippen LogP contribution in [0.5, 0.6) is 0 Å². The molecular formula is C13H26N2O2. The SMILES string of the molecule is CC(C)(N)C(C)(C)C(=O)NCCC1CCOC1. The Balaban J connectivity index is 2.33. The van der Waals surface area contributed by atoms with Gasteiger partial charge in [-0.1, -0.05) is 0 Å². The van der Waals surface area contributed by atoms with E-state index in [2.05, 4.69) is 5.32 Å². The molecule has 0 aromatic carbocycles. The average Bonchev–Trinajstić information content (AvgIpc) is 2.68. The van der Waals surface area contributed by atoms with Gasteiger partial charge in [-0.3, -0.25) is 4.79 Å². The van der Waals surface area contributed by atoms with E-state index in [0.29, 0.717) is 12.5 Å². The van der Waals surface area contributed by atoms with Crippen molar-refractivity contribution in [3.8, 4) is 0 Å². The average molecular weight is 242 g/mol. The maximum atomic E-state index is 12.1. The summed E-state index contributed by atoms with van der Waals surface area (Å²) >= 11 is 0. The zero-order chi connectivity index (χ0) is 13.1. The van der Waals surface area contributed by atoms with Crippen LogP contribution in [-0.4, -0.2) is 31.2 Å². The molecule has 1 unspecified atom stereocenters. The normalized spacial score (nSPS) is 21.6. The van der Waals surface area contributed by atoms with E-state index >= 15 is 0 Å². The number of rotatable bonds is 5. The van der Waals surface area contributed by atoms with Crippen molar-refractivity contribution in [2.24, 2.45) is 17.1 Å². The molecule has 0 radical (unpaired) electrons. The van der Waals surface area contributed by atoms with Gasteiger partial charge in [0, 0.05) is 25.3 Å². The lowest BCUT2D eigenvalue weighted by Crippen LogP contribution is -2.55. The summed E-state index contributed by atoms with van der Waals surface area (Å²) in [4.78, 5) is 12.1. The van der Waals surface area contributed by atoms with E-state index in [4.69, 9.17) is 10.5 Å². The molecule has 0 aliphatic carbocycles. The highest BCUT2D eigenvalue weighted by Gasteiger charge is 2.40. The minimum atomic E-state index is -0.556. The first-order valence-electron chi connectivity index (χ1n) is 6.40. The van der Waals surface area contributed by atoms with Crippen LogP contribution in [0.15, 0.2) is 0 Å². The van der Waals surface area contributed by atoms with Crippen molar-refractivity contribution in [1.29, 1.82) is 0 Å². The fourth-order valence-corrected chi connectivity index (χ4v) is 1.71. The highest BCUT2D eigenvalue weighted by atomic mass is 16.5. The molecule has 1 atom stereocenters. The maximum Gasteiger partial charge on any atom is 0.227 e. The monoisotopic (exact) mass is 242 g/mol. The van der Waals surface area contributed by atoms with Crippen molar-refractivity contribution in [2.45, 2.75) is 46.1 Å². The third-order valence-electron chi connectivity index (χ3n) is 4.04. The maximum absolute atomic E-state index is 12.1. The Hall–Kier alpha value is -0.610. The molecule has 4 heteroatoms. The lowest BCUT2D eigenvalue weighted by Gasteiger charge is -2.37. The van der Waals surface area contributed by atoms with Crippen LogP contribution in [0.4, 0.5) is 0 Å². The molecular weight excluding hydrogens is 216 g/mol. The van der Waals surface area contributed by atoms with Gasteiger partial charge >= 0.3 is 0 Å². The molecule has 1 fully saturated rings. The number of nitrogens with two attached hydrogens (primary N) is 1. The Bertz CT molecular complexity index is 263. The number of nitrogens with one attached hydrogen (secondary N) is 1. The van der Waals surface area contributed by atoms with Crippen LogP contribution in [-0.2, 0) is 9.53 Å². The van der Waals surface area contributed by atoms with E-state index in [9.17, 15) is 4.79 Å². The van der Waals surface area contributed by atoms with Crippen molar-refractivity contribution in [3.63, 3.8) is 0 Å². The second-order valence-electron chi connectivity index (χ2n) is 6.12. The third-order valence-corrected chi connectivity index (χ3v) is 4.04. The predicted octanol–water partition coefficient (Wildman–Crippen LogP) is 1.29. The smallest absolute Gasteiger partial charge is 0.227 e. The van der Waals surface area contributed by atoms with Crippen LogP contribution >= 0.6 is 0 Å². The summed E-state index contributed by atoms with van der Waals surface area (Å²) in [6.45, 7) is 9.96. The first-order chi connectivity index (χ1) is 7.75. The Labute approximate surface area is 104 Å². The van der Waals surface area contributed by atoms with Crippen molar-refractivity contribution < 1.29 is 9.53 Å². The molecule has 100 valence electrons. The first-order valence-corrected chi connectivity index (χ1v) is 6.40. The van der Waals surface area contributed by atoms with Gasteiger partial charge in [0.25, 0.3) is 0 Å². The minimum absolute atomic E-state index is 0.0314. The number of amides is 1. The largest absolute Gasteiger partial charge is 0.381 e. The van der Waals surface area contributed by atoms with Gasteiger partial charge in [0.2, 0.25) is 5.91 Å². The van der Waals surface area contributed by atoms with Gasteiger partial charge in [-0.2, -0.15) is 0 Å². The van der Waals surface area contributed by atoms with E-state index < -0.39 is 11.0 Å². The quantitative estimate of drug-likeness (QED) is 0.763. The Morgan fingerprint density at radius 3 is 2.53 bits per heavy atom. The Morgan fingerprint density at radius 2 is 2.06 bits per heavy atom. The third kappa shape index (κ3) is 3.68. The lowest BCUT2D eigenvalue weighted by molar-refractivity contribution is -0.132. The topological polar surface area (TPSA) is 64.4 Å². The Morgan fingerprint density at radius 1 is 1.41 bits per heavy atom. The number of hydrogen-bond acceptors (Lipinski definition) is 3. The Kier molecular flexibility index (Phi) is 4.55.